The Morgan fingerprint density at radius 1 is 1.24 bits per heavy atom. The molecule has 1 aromatic carbocycles. The van der Waals surface area contributed by atoms with Crippen LogP contribution in [0, 0.1) is 16.7 Å². The number of rotatable bonds is 6. The van der Waals surface area contributed by atoms with Crippen LogP contribution in [0.1, 0.15) is 38.8 Å². The number of carbonyl (C=O) groups is 1. The smallest absolute Gasteiger partial charge is 0.339 e. The normalized spacial score (nSPS) is 14.5. The number of halogens is 4. The Morgan fingerprint density at radius 3 is 2.24 bits per heavy atom. The molecule has 2 atom stereocenters. The molecule has 138 valence electrons. The molecule has 1 aromatic rings. The number of hydrogen-bond donors (Lipinski definition) is 2. The summed E-state index contributed by atoms with van der Waals surface area (Å²) in [4.78, 5) is 12.4. The summed E-state index contributed by atoms with van der Waals surface area (Å²) >= 11 is 3.17. The Labute approximate surface area is 153 Å². The van der Waals surface area contributed by atoms with E-state index in [1.807, 2.05) is 26.8 Å². The van der Waals surface area contributed by atoms with Gasteiger partial charge in [-0.05, 0) is 29.5 Å². The van der Waals surface area contributed by atoms with Crippen molar-refractivity contribution in [1.29, 1.82) is 5.26 Å². The molecule has 1 amide bonds. The summed E-state index contributed by atoms with van der Waals surface area (Å²) in [5.74, 6) is -0.782. The number of benzene rings is 1. The van der Waals surface area contributed by atoms with Gasteiger partial charge in [0.1, 0.15) is 0 Å². The predicted molar refractivity (Wildman–Crippen MR) is 92.6 cm³/mol. The molecule has 0 fully saturated rings. The van der Waals surface area contributed by atoms with Crippen molar-refractivity contribution in [3.05, 3.63) is 34.3 Å². The number of nitriles is 1. The minimum absolute atomic E-state index is 0.0566. The Morgan fingerprint density at radius 2 is 1.80 bits per heavy atom. The highest BCUT2D eigenvalue weighted by atomic mass is 79.9. The number of carbonyl (C=O) groups excluding carboxylic acids is 1. The molecular weight excluding hydrogens is 399 g/mol. The lowest BCUT2D eigenvalue weighted by Crippen LogP contribution is -2.49. The average Bonchev–Trinajstić information content (AvgIpc) is 2.47. The third kappa shape index (κ3) is 7.45. The maximum Gasteiger partial charge on any atom is 0.412 e. The van der Waals surface area contributed by atoms with Crippen LogP contribution < -0.4 is 10.6 Å². The van der Waals surface area contributed by atoms with E-state index in [2.05, 4.69) is 26.6 Å². The van der Waals surface area contributed by atoms with Gasteiger partial charge in [-0.2, -0.15) is 18.4 Å². The number of alkyl halides is 3. The fourth-order valence-electron chi connectivity index (χ4n) is 2.29. The molecule has 8 heteroatoms. The van der Waals surface area contributed by atoms with Crippen LogP contribution in [0.5, 0.6) is 0 Å². The van der Waals surface area contributed by atoms with Crippen LogP contribution in [0.4, 0.5) is 13.2 Å². The maximum atomic E-state index is 13.4. The van der Waals surface area contributed by atoms with Crippen molar-refractivity contribution in [3.63, 3.8) is 0 Å². The van der Waals surface area contributed by atoms with E-state index in [4.69, 9.17) is 5.26 Å². The van der Waals surface area contributed by atoms with E-state index in [0.717, 1.165) is 0 Å². The molecule has 2 N–H and O–H groups in total. The molecular formula is C17H21BrF3N3O. The molecule has 0 aliphatic carbocycles. The van der Waals surface area contributed by atoms with Crippen LogP contribution in [-0.2, 0) is 4.79 Å². The Bertz CT molecular complexity index is 618. The van der Waals surface area contributed by atoms with Crippen molar-refractivity contribution in [1.82, 2.24) is 10.6 Å². The van der Waals surface area contributed by atoms with Crippen LogP contribution >= 0.6 is 15.9 Å². The summed E-state index contributed by atoms with van der Waals surface area (Å²) in [6.07, 6.45) is -4.34. The van der Waals surface area contributed by atoms with Crippen molar-refractivity contribution in [2.24, 2.45) is 5.41 Å². The standard InChI is InChI=1S/C17H21BrF3N3O/c1-16(2,3)10-13(23-9-8-22)15(25)24-14(17(19,20)21)11-4-6-12(18)7-5-11/h4-7,13-14,23H,9-10H2,1-3H3,(H,24,25)/t13-,14-/m0/s1. The molecule has 0 aliphatic rings. The lowest BCUT2D eigenvalue weighted by molar-refractivity contribution is -0.164. The van der Waals surface area contributed by atoms with Crippen LogP contribution in [0.3, 0.4) is 0 Å². The molecule has 0 aliphatic heterocycles. The van der Waals surface area contributed by atoms with Gasteiger partial charge >= 0.3 is 6.18 Å². The van der Waals surface area contributed by atoms with E-state index in [-0.39, 0.29) is 17.5 Å². The molecule has 0 unspecified atom stereocenters. The van der Waals surface area contributed by atoms with Crippen LogP contribution in [0.2, 0.25) is 0 Å². The number of hydrogen-bond acceptors (Lipinski definition) is 3. The summed E-state index contributed by atoms with van der Waals surface area (Å²) in [5.41, 5.74) is -0.352. The zero-order valence-electron chi connectivity index (χ0n) is 14.2. The van der Waals surface area contributed by atoms with Gasteiger partial charge in [-0.15, -0.1) is 0 Å². The average molecular weight is 420 g/mol. The minimum atomic E-state index is -4.63. The summed E-state index contributed by atoms with van der Waals surface area (Å²) in [5, 5.41) is 13.5. The quantitative estimate of drug-likeness (QED) is 0.682. The van der Waals surface area contributed by atoms with Crippen molar-refractivity contribution < 1.29 is 18.0 Å². The van der Waals surface area contributed by atoms with Gasteiger partial charge < -0.3 is 5.32 Å². The fraction of sp³-hybridized carbons (Fsp3) is 0.529. The summed E-state index contributed by atoms with van der Waals surface area (Å²) < 4.78 is 40.9. The highest BCUT2D eigenvalue weighted by molar-refractivity contribution is 9.10. The number of amides is 1. The van der Waals surface area contributed by atoms with E-state index < -0.39 is 24.2 Å². The van der Waals surface area contributed by atoms with E-state index in [9.17, 15) is 18.0 Å². The highest BCUT2D eigenvalue weighted by Crippen LogP contribution is 2.33. The van der Waals surface area contributed by atoms with Gasteiger partial charge in [0.25, 0.3) is 0 Å². The number of nitrogens with one attached hydrogen (secondary N) is 2. The van der Waals surface area contributed by atoms with Crippen LogP contribution in [0.25, 0.3) is 0 Å². The van der Waals surface area contributed by atoms with Crippen molar-refractivity contribution in [2.75, 3.05) is 6.54 Å². The Kier molecular flexibility index (Phi) is 7.44. The van der Waals surface area contributed by atoms with Crippen molar-refractivity contribution in [2.45, 2.75) is 45.5 Å². The highest BCUT2D eigenvalue weighted by Gasteiger charge is 2.42. The predicted octanol–water partition coefficient (Wildman–Crippen LogP) is 4.09. The molecule has 0 saturated carbocycles. The van der Waals surface area contributed by atoms with E-state index in [0.29, 0.717) is 10.9 Å². The first kappa shape index (κ1) is 21.5. The van der Waals surface area contributed by atoms with E-state index in [1.54, 1.807) is 0 Å². The summed E-state index contributed by atoms with van der Waals surface area (Å²) in [7, 11) is 0. The third-order valence-corrected chi connectivity index (χ3v) is 3.91. The molecule has 25 heavy (non-hydrogen) atoms. The molecule has 0 spiro atoms. The monoisotopic (exact) mass is 419 g/mol. The molecule has 1 rings (SSSR count). The zero-order valence-corrected chi connectivity index (χ0v) is 15.8. The minimum Gasteiger partial charge on any atom is -0.339 e. The lowest BCUT2D eigenvalue weighted by atomic mass is 9.87. The van der Waals surface area contributed by atoms with Gasteiger partial charge in [0.05, 0.1) is 18.7 Å². The lowest BCUT2D eigenvalue weighted by Gasteiger charge is -2.28. The first-order chi connectivity index (χ1) is 11.4. The van der Waals surface area contributed by atoms with Crippen LogP contribution in [0.15, 0.2) is 28.7 Å². The maximum absolute atomic E-state index is 13.4. The number of nitrogens with zero attached hydrogens (tertiary/aromatic N) is 1. The third-order valence-electron chi connectivity index (χ3n) is 3.38. The molecule has 0 bridgehead atoms. The van der Waals surface area contributed by atoms with Gasteiger partial charge in [0.15, 0.2) is 6.04 Å². The largest absolute Gasteiger partial charge is 0.412 e. The second kappa shape index (κ2) is 8.68. The molecule has 0 aromatic heterocycles. The fourth-order valence-corrected chi connectivity index (χ4v) is 2.56. The van der Waals surface area contributed by atoms with Gasteiger partial charge in [-0.25, -0.2) is 0 Å². The molecule has 4 nitrogen and oxygen atoms in total. The Balaban J connectivity index is 3.02. The van der Waals surface area contributed by atoms with Gasteiger partial charge in [-0.1, -0.05) is 48.8 Å². The van der Waals surface area contributed by atoms with Gasteiger partial charge in [0.2, 0.25) is 5.91 Å². The Hall–Kier alpha value is -1.59. The summed E-state index contributed by atoms with van der Waals surface area (Å²) in [6, 6.07) is 4.43. The van der Waals surface area contributed by atoms with E-state index >= 15 is 0 Å². The second-order valence-corrected chi connectivity index (χ2v) is 7.81. The van der Waals surface area contributed by atoms with Gasteiger partial charge in [0, 0.05) is 4.47 Å². The van der Waals surface area contributed by atoms with Crippen LogP contribution in [-0.4, -0.2) is 24.7 Å². The molecule has 0 radical (unpaired) electrons. The molecule has 0 heterocycles. The molecule has 0 saturated heterocycles. The first-order valence-corrected chi connectivity index (χ1v) is 8.46. The second-order valence-electron chi connectivity index (χ2n) is 6.89. The zero-order chi connectivity index (χ0) is 19.3. The van der Waals surface area contributed by atoms with Crippen molar-refractivity contribution >= 4 is 21.8 Å². The SMILES string of the molecule is CC(C)(C)C[C@H](NCC#N)C(=O)N[C@@H](c1ccc(Br)cc1)C(F)(F)F. The first-order valence-electron chi connectivity index (χ1n) is 7.67. The van der Waals surface area contributed by atoms with Crippen molar-refractivity contribution in [3.8, 4) is 6.07 Å². The van der Waals surface area contributed by atoms with Gasteiger partial charge in [-0.3, -0.25) is 10.1 Å². The topological polar surface area (TPSA) is 64.9 Å². The van der Waals surface area contributed by atoms with E-state index in [1.165, 1.54) is 24.3 Å². The summed E-state index contributed by atoms with van der Waals surface area (Å²) in [6.45, 7) is 5.50.